The molecule has 0 aromatic heterocycles. The molecule has 4 nitrogen and oxygen atoms in total. The Morgan fingerprint density at radius 2 is 1.44 bits per heavy atom. The third-order valence-corrected chi connectivity index (χ3v) is 4.85. The molecule has 0 unspecified atom stereocenters. The lowest BCUT2D eigenvalue weighted by atomic mass is 9.96. The lowest BCUT2D eigenvalue weighted by Gasteiger charge is -2.39. The monoisotopic (exact) mass is 337 g/mol. The average Bonchev–Trinajstić information content (AvgIpc) is 2.68. The number of rotatable bonds is 6. The van der Waals surface area contributed by atoms with Crippen LogP contribution in [0.15, 0.2) is 60.7 Å². The van der Waals surface area contributed by atoms with E-state index in [4.69, 9.17) is 0 Å². The van der Waals surface area contributed by atoms with Gasteiger partial charge in [0, 0.05) is 39.1 Å². The van der Waals surface area contributed by atoms with E-state index in [1.807, 2.05) is 11.9 Å². The Balaban J connectivity index is 1.72. The molecule has 0 atom stereocenters. The molecular weight excluding hydrogens is 310 g/mol. The first-order valence-electron chi connectivity index (χ1n) is 9.06. The van der Waals surface area contributed by atoms with Crippen molar-refractivity contribution in [3.63, 3.8) is 0 Å². The molecule has 1 aliphatic heterocycles. The molecule has 4 heteroatoms. The van der Waals surface area contributed by atoms with Crippen LogP contribution in [0.2, 0.25) is 0 Å². The second-order valence-corrected chi connectivity index (χ2v) is 6.49. The minimum atomic E-state index is 0.247. The Hall–Kier alpha value is -2.17. The summed E-state index contributed by atoms with van der Waals surface area (Å²) in [6.45, 7) is 4.16. The molecule has 0 bridgehead atoms. The summed E-state index contributed by atoms with van der Waals surface area (Å²) < 4.78 is 0. The van der Waals surface area contributed by atoms with Crippen molar-refractivity contribution in [1.82, 2.24) is 15.1 Å². The fourth-order valence-electron chi connectivity index (χ4n) is 3.50. The van der Waals surface area contributed by atoms with Crippen molar-refractivity contribution in [3.8, 4) is 0 Å². The van der Waals surface area contributed by atoms with Gasteiger partial charge in [0.05, 0.1) is 6.04 Å². The molecule has 3 rings (SSSR count). The molecule has 1 amide bonds. The second kappa shape index (κ2) is 8.79. The third kappa shape index (κ3) is 4.47. The van der Waals surface area contributed by atoms with Crippen LogP contribution < -0.4 is 5.32 Å². The molecule has 1 aliphatic rings. The van der Waals surface area contributed by atoms with Crippen LogP contribution in [0.4, 0.5) is 0 Å². The zero-order valence-corrected chi connectivity index (χ0v) is 14.9. The van der Waals surface area contributed by atoms with Crippen molar-refractivity contribution in [2.45, 2.75) is 12.5 Å². The number of carbonyl (C=O) groups is 1. The molecule has 0 saturated carbocycles. The molecular formula is C21H27N3O. The van der Waals surface area contributed by atoms with Crippen molar-refractivity contribution in [2.24, 2.45) is 0 Å². The first-order valence-corrected chi connectivity index (χ1v) is 9.06. The Bertz CT molecular complexity index is 612. The van der Waals surface area contributed by atoms with Crippen LogP contribution in [0, 0.1) is 0 Å². The molecule has 1 fully saturated rings. The lowest BCUT2D eigenvalue weighted by molar-refractivity contribution is -0.133. The Labute approximate surface area is 150 Å². The topological polar surface area (TPSA) is 35.6 Å². The van der Waals surface area contributed by atoms with Crippen LogP contribution in [-0.2, 0) is 4.79 Å². The van der Waals surface area contributed by atoms with Gasteiger partial charge in [-0.3, -0.25) is 9.69 Å². The largest absolute Gasteiger partial charge is 0.340 e. The first-order chi connectivity index (χ1) is 12.3. The summed E-state index contributed by atoms with van der Waals surface area (Å²) in [5.41, 5.74) is 2.62. The Morgan fingerprint density at radius 1 is 0.920 bits per heavy atom. The summed E-state index contributed by atoms with van der Waals surface area (Å²) >= 11 is 0. The van der Waals surface area contributed by atoms with E-state index >= 15 is 0 Å². The van der Waals surface area contributed by atoms with Gasteiger partial charge in [-0.05, 0) is 18.2 Å². The lowest BCUT2D eigenvalue weighted by Crippen LogP contribution is -2.50. The van der Waals surface area contributed by atoms with Gasteiger partial charge in [-0.25, -0.2) is 0 Å². The van der Waals surface area contributed by atoms with Gasteiger partial charge in [0.15, 0.2) is 0 Å². The Morgan fingerprint density at radius 3 is 1.92 bits per heavy atom. The standard InChI is InChI=1S/C21H27N3O/c1-22-13-12-20(25)23-14-16-24(17-15-23)21(18-8-4-2-5-9-18)19-10-6-3-7-11-19/h2-11,21-22H,12-17H2,1H3. The third-order valence-electron chi connectivity index (χ3n) is 4.85. The first kappa shape index (κ1) is 17.6. The summed E-state index contributed by atoms with van der Waals surface area (Å²) in [4.78, 5) is 16.7. The van der Waals surface area contributed by atoms with Gasteiger partial charge in [0.2, 0.25) is 5.91 Å². The fraction of sp³-hybridized carbons (Fsp3) is 0.381. The van der Waals surface area contributed by atoms with Crippen molar-refractivity contribution in [1.29, 1.82) is 0 Å². The molecule has 2 aromatic carbocycles. The van der Waals surface area contributed by atoms with Gasteiger partial charge >= 0.3 is 0 Å². The molecule has 132 valence electrons. The van der Waals surface area contributed by atoms with Crippen LogP contribution in [0.5, 0.6) is 0 Å². The number of carbonyl (C=O) groups excluding carboxylic acids is 1. The molecule has 0 aliphatic carbocycles. The molecule has 1 saturated heterocycles. The van der Waals surface area contributed by atoms with E-state index in [1.54, 1.807) is 0 Å². The molecule has 0 spiro atoms. The predicted molar refractivity (Wildman–Crippen MR) is 101 cm³/mol. The maximum absolute atomic E-state index is 12.2. The highest BCUT2D eigenvalue weighted by molar-refractivity contribution is 5.76. The maximum atomic E-state index is 12.2. The minimum absolute atomic E-state index is 0.247. The van der Waals surface area contributed by atoms with E-state index in [2.05, 4.69) is 70.9 Å². The summed E-state index contributed by atoms with van der Waals surface area (Å²) in [6, 6.07) is 21.6. The van der Waals surface area contributed by atoms with Crippen LogP contribution in [-0.4, -0.2) is 55.5 Å². The molecule has 1 N–H and O–H groups in total. The number of hydrogen-bond acceptors (Lipinski definition) is 3. The predicted octanol–water partition coefficient (Wildman–Crippen LogP) is 2.53. The maximum Gasteiger partial charge on any atom is 0.223 e. The number of amides is 1. The number of hydrogen-bond donors (Lipinski definition) is 1. The summed E-state index contributed by atoms with van der Waals surface area (Å²) in [5, 5.41) is 3.05. The van der Waals surface area contributed by atoms with Gasteiger partial charge in [0.1, 0.15) is 0 Å². The smallest absolute Gasteiger partial charge is 0.223 e. The van der Waals surface area contributed by atoms with E-state index in [0.717, 1.165) is 32.7 Å². The van der Waals surface area contributed by atoms with Crippen LogP contribution >= 0.6 is 0 Å². The van der Waals surface area contributed by atoms with Gasteiger partial charge in [-0.2, -0.15) is 0 Å². The fourth-order valence-corrected chi connectivity index (χ4v) is 3.50. The van der Waals surface area contributed by atoms with E-state index in [0.29, 0.717) is 6.42 Å². The molecule has 0 radical (unpaired) electrons. The Kier molecular flexibility index (Phi) is 6.20. The summed E-state index contributed by atoms with van der Waals surface area (Å²) in [7, 11) is 1.88. The van der Waals surface area contributed by atoms with Crippen LogP contribution in [0.3, 0.4) is 0 Å². The number of nitrogens with zero attached hydrogens (tertiary/aromatic N) is 2. The minimum Gasteiger partial charge on any atom is -0.340 e. The van der Waals surface area contributed by atoms with E-state index < -0.39 is 0 Å². The quantitative estimate of drug-likeness (QED) is 0.880. The zero-order valence-electron chi connectivity index (χ0n) is 14.9. The van der Waals surface area contributed by atoms with Crippen molar-refractivity contribution < 1.29 is 4.79 Å². The zero-order chi connectivity index (χ0) is 17.5. The average molecular weight is 337 g/mol. The van der Waals surface area contributed by atoms with E-state index in [1.165, 1.54) is 11.1 Å². The highest BCUT2D eigenvalue weighted by Gasteiger charge is 2.27. The van der Waals surface area contributed by atoms with Crippen LogP contribution in [0.25, 0.3) is 0 Å². The SMILES string of the molecule is CNCCC(=O)N1CCN(C(c2ccccc2)c2ccccc2)CC1. The van der Waals surface area contributed by atoms with Crippen molar-refractivity contribution in [3.05, 3.63) is 71.8 Å². The van der Waals surface area contributed by atoms with Crippen LogP contribution in [0.1, 0.15) is 23.6 Å². The molecule has 2 aromatic rings. The summed E-state index contributed by atoms with van der Waals surface area (Å²) in [5.74, 6) is 0.255. The summed E-state index contributed by atoms with van der Waals surface area (Å²) in [6.07, 6.45) is 0.581. The molecule has 1 heterocycles. The van der Waals surface area contributed by atoms with Gasteiger partial charge in [0.25, 0.3) is 0 Å². The number of nitrogens with one attached hydrogen (secondary N) is 1. The van der Waals surface area contributed by atoms with Crippen molar-refractivity contribution >= 4 is 5.91 Å². The van der Waals surface area contributed by atoms with Gasteiger partial charge in [-0.15, -0.1) is 0 Å². The number of piperazine rings is 1. The highest BCUT2D eigenvalue weighted by atomic mass is 16.2. The van der Waals surface area contributed by atoms with Gasteiger partial charge < -0.3 is 10.2 Å². The van der Waals surface area contributed by atoms with E-state index in [-0.39, 0.29) is 11.9 Å². The number of benzene rings is 2. The second-order valence-electron chi connectivity index (χ2n) is 6.49. The highest BCUT2D eigenvalue weighted by Crippen LogP contribution is 2.29. The van der Waals surface area contributed by atoms with Crippen molar-refractivity contribution in [2.75, 3.05) is 39.8 Å². The normalized spacial score (nSPS) is 15.5. The van der Waals surface area contributed by atoms with Gasteiger partial charge in [-0.1, -0.05) is 60.7 Å². The van der Waals surface area contributed by atoms with E-state index in [9.17, 15) is 4.79 Å². The molecule has 25 heavy (non-hydrogen) atoms.